The van der Waals surface area contributed by atoms with Crippen molar-refractivity contribution in [1.29, 1.82) is 0 Å². The molecule has 2 aromatic heterocycles. The van der Waals surface area contributed by atoms with Crippen LogP contribution in [0, 0.1) is 6.92 Å². The van der Waals surface area contributed by atoms with Crippen molar-refractivity contribution in [2.45, 2.75) is 20.3 Å². The molecule has 3 rings (SSSR count). The number of aryl methyl sites for hydroxylation is 2. The molecule has 0 radical (unpaired) electrons. The van der Waals surface area contributed by atoms with E-state index in [4.69, 9.17) is 0 Å². The minimum atomic E-state index is -3.30. The molecular formula is C18H22N6O2S. The first kappa shape index (κ1) is 18.8. The molecule has 142 valence electrons. The maximum absolute atomic E-state index is 11.9. The van der Waals surface area contributed by atoms with Crippen LogP contribution in [-0.4, -0.2) is 33.9 Å². The highest BCUT2D eigenvalue weighted by atomic mass is 32.2. The summed E-state index contributed by atoms with van der Waals surface area (Å²) in [5.41, 5.74) is 3.91. The number of anilines is 3. The van der Waals surface area contributed by atoms with E-state index in [-0.39, 0.29) is 5.75 Å². The van der Waals surface area contributed by atoms with Crippen molar-refractivity contribution in [3.63, 3.8) is 0 Å². The van der Waals surface area contributed by atoms with E-state index >= 15 is 0 Å². The lowest BCUT2D eigenvalue weighted by Gasteiger charge is -2.10. The molecule has 0 saturated carbocycles. The molecule has 2 N–H and O–H groups in total. The van der Waals surface area contributed by atoms with Gasteiger partial charge in [-0.15, -0.1) is 0 Å². The summed E-state index contributed by atoms with van der Waals surface area (Å²) in [6.45, 7) is 3.76. The molecule has 0 saturated heterocycles. The van der Waals surface area contributed by atoms with Crippen molar-refractivity contribution >= 4 is 27.3 Å². The van der Waals surface area contributed by atoms with Gasteiger partial charge < -0.3 is 5.32 Å². The largest absolute Gasteiger partial charge is 0.321 e. The third kappa shape index (κ3) is 4.82. The van der Waals surface area contributed by atoms with Crippen LogP contribution < -0.4 is 10.0 Å². The Bertz CT molecular complexity index is 1030. The molecule has 9 heteroatoms. The van der Waals surface area contributed by atoms with E-state index in [1.807, 2.05) is 39.2 Å². The Morgan fingerprint density at radius 1 is 1.11 bits per heavy atom. The highest BCUT2D eigenvalue weighted by Gasteiger charge is 2.11. The summed E-state index contributed by atoms with van der Waals surface area (Å²) in [6, 6.07) is 7.15. The molecular weight excluding hydrogens is 364 g/mol. The molecule has 0 aliphatic heterocycles. The zero-order chi connectivity index (χ0) is 19.4. The van der Waals surface area contributed by atoms with Crippen LogP contribution in [0.15, 0.2) is 42.9 Å². The fourth-order valence-electron chi connectivity index (χ4n) is 2.60. The molecule has 0 atom stereocenters. The van der Waals surface area contributed by atoms with E-state index in [0.717, 1.165) is 22.5 Å². The second-order valence-corrected chi connectivity index (χ2v) is 8.09. The van der Waals surface area contributed by atoms with Crippen LogP contribution in [0.2, 0.25) is 0 Å². The fourth-order valence-corrected chi connectivity index (χ4v) is 3.74. The summed E-state index contributed by atoms with van der Waals surface area (Å²) in [4.78, 5) is 8.89. The van der Waals surface area contributed by atoms with Gasteiger partial charge in [-0.05, 0) is 31.0 Å². The molecule has 0 unspecified atom stereocenters. The number of nitrogens with zero attached hydrogens (tertiary/aromatic N) is 4. The van der Waals surface area contributed by atoms with Gasteiger partial charge >= 0.3 is 0 Å². The van der Waals surface area contributed by atoms with Gasteiger partial charge in [0.25, 0.3) is 0 Å². The van der Waals surface area contributed by atoms with E-state index in [1.165, 1.54) is 0 Å². The summed E-state index contributed by atoms with van der Waals surface area (Å²) >= 11 is 0. The average molecular weight is 386 g/mol. The molecule has 8 nitrogen and oxygen atoms in total. The lowest BCUT2D eigenvalue weighted by Crippen LogP contribution is -2.15. The van der Waals surface area contributed by atoms with Gasteiger partial charge in [0.05, 0.1) is 23.3 Å². The summed E-state index contributed by atoms with van der Waals surface area (Å²) in [7, 11) is -1.47. The van der Waals surface area contributed by atoms with Crippen LogP contribution in [0.3, 0.4) is 0 Å². The Kier molecular flexibility index (Phi) is 5.41. The first-order valence-corrected chi connectivity index (χ1v) is 10.2. The second kappa shape index (κ2) is 7.75. The Hall–Kier alpha value is -2.94. The third-order valence-electron chi connectivity index (χ3n) is 3.84. The Balaban J connectivity index is 1.82. The van der Waals surface area contributed by atoms with E-state index < -0.39 is 10.0 Å². The summed E-state index contributed by atoms with van der Waals surface area (Å²) in [5.74, 6) is 0.569. The average Bonchev–Trinajstić information content (AvgIpc) is 3.02. The molecule has 0 amide bonds. The van der Waals surface area contributed by atoms with Crippen molar-refractivity contribution in [2.24, 2.45) is 7.05 Å². The molecule has 2 heterocycles. The van der Waals surface area contributed by atoms with Gasteiger partial charge in [0.1, 0.15) is 0 Å². The molecule has 0 aliphatic rings. The first-order valence-electron chi connectivity index (χ1n) is 8.56. The van der Waals surface area contributed by atoms with Crippen LogP contribution in [0.4, 0.5) is 17.3 Å². The molecule has 27 heavy (non-hydrogen) atoms. The Labute approximate surface area is 158 Å². The molecule has 0 aliphatic carbocycles. The monoisotopic (exact) mass is 386 g/mol. The number of benzene rings is 1. The van der Waals surface area contributed by atoms with Crippen LogP contribution >= 0.6 is 0 Å². The third-order valence-corrected chi connectivity index (χ3v) is 5.33. The van der Waals surface area contributed by atoms with Crippen molar-refractivity contribution in [3.05, 3.63) is 48.4 Å². The molecule has 3 aromatic rings. The maximum atomic E-state index is 11.9. The SMILES string of the molecule is CCCS(=O)(=O)Nc1ccc(-c2nc(Nc3cnn(C)c3)ncc2C)cc1. The number of sulfonamides is 1. The van der Waals surface area contributed by atoms with Crippen molar-refractivity contribution in [3.8, 4) is 11.3 Å². The molecule has 1 aromatic carbocycles. The molecule has 0 bridgehead atoms. The van der Waals surface area contributed by atoms with Gasteiger partial charge in [-0.3, -0.25) is 9.40 Å². The van der Waals surface area contributed by atoms with Crippen LogP contribution in [0.5, 0.6) is 0 Å². The fraction of sp³-hybridized carbons (Fsp3) is 0.278. The van der Waals surface area contributed by atoms with E-state index in [2.05, 4.69) is 25.1 Å². The van der Waals surface area contributed by atoms with Gasteiger partial charge in [-0.25, -0.2) is 18.4 Å². The van der Waals surface area contributed by atoms with E-state index in [0.29, 0.717) is 18.1 Å². The normalized spacial score (nSPS) is 11.4. The van der Waals surface area contributed by atoms with Gasteiger partial charge in [0.15, 0.2) is 0 Å². The van der Waals surface area contributed by atoms with Crippen molar-refractivity contribution < 1.29 is 8.42 Å². The standard InChI is InChI=1S/C18H22N6O2S/c1-4-9-27(25,26)23-15-7-5-14(6-8-15)17-13(2)10-19-18(22-17)21-16-11-20-24(3)12-16/h5-8,10-12,23H,4,9H2,1-3H3,(H,19,21,22). The first-order chi connectivity index (χ1) is 12.9. The van der Waals surface area contributed by atoms with Crippen LogP contribution in [0.1, 0.15) is 18.9 Å². The zero-order valence-corrected chi connectivity index (χ0v) is 16.3. The number of rotatable bonds is 7. The topological polar surface area (TPSA) is 102 Å². The summed E-state index contributed by atoms with van der Waals surface area (Å²) in [5, 5.41) is 7.23. The van der Waals surface area contributed by atoms with E-state index in [9.17, 15) is 8.42 Å². The highest BCUT2D eigenvalue weighted by Crippen LogP contribution is 2.24. The second-order valence-electron chi connectivity index (χ2n) is 6.25. The Morgan fingerprint density at radius 2 is 1.85 bits per heavy atom. The zero-order valence-electron chi connectivity index (χ0n) is 15.5. The van der Waals surface area contributed by atoms with Gasteiger partial charge in [0, 0.05) is 30.7 Å². The predicted molar refractivity (Wildman–Crippen MR) is 106 cm³/mol. The van der Waals surface area contributed by atoms with Gasteiger partial charge in [-0.1, -0.05) is 19.1 Å². The number of hydrogen-bond acceptors (Lipinski definition) is 6. The smallest absolute Gasteiger partial charge is 0.232 e. The minimum absolute atomic E-state index is 0.100. The predicted octanol–water partition coefficient (Wildman–Crippen LogP) is 3.08. The lowest BCUT2D eigenvalue weighted by atomic mass is 10.1. The summed E-state index contributed by atoms with van der Waals surface area (Å²) < 4.78 is 28.0. The van der Waals surface area contributed by atoms with Gasteiger partial charge in [-0.2, -0.15) is 5.10 Å². The molecule has 0 fully saturated rings. The summed E-state index contributed by atoms with van der Waals surface area (Å²) in [6.07, 6.45) is 5.85. The lowest BCUT2D eigenvalue weighted by molar-refractivity contribution is 0.600. The molecule has 0 spiro atoms. The maximum Gasteiger partial charge on any atom is 0.232 e. The Morgan fingerprint density at radius 3 is 2.48 bits per heavy atom. The van der Waals surface area contributed by atoms with E-state index in [1.54, 1.807) is 29.2 Å². The number of nitrogens with one attached hydrogen (secondary N) is 2. The van der Waals surface area contributed by atoms with Gasteiger partial charge in [0.2, 0.25) is 16.0 Å². The van der Waals surface area contributed by atoms with Crippen molar-refractivity contribution in [2.75, 3.05) is 15.8 Å². The highest BCUT2D eigenvalue weighted by molar-refractivity contribution is 7.92. The number of hydrogen-bond donors (Lipinski definition) is 2. The van der Waals surface area contributed by atoms with Crippen LogP contribution in [-0.2, 0) is 17.1 Å². The van der Waals surface area contributed by atoms with Crippen molar-refractivity contribution in [1.82, 2.24) is 19.7 Å². The number of aromatic nitrogens is 4. The van der Waals surface area contributed by atoms with Crippen LogP contribution in [0.25, 0.3) is 11.3 Å². The quantitative estimate of drug-likeness (QED) is 0.647. The minimum Gasteiger partial charge on any atom is -0.321 e.